The Kier molecular flexibility index (Phi) is 4.07. The Morgan fingerprint density at radius 1 is 1.45 bits per heavy atom. The van der Waals surface area contributed by atoms with Gasteiger partial charge in [0, 0.05) is 12.4 Å². The van der Waals surface area contributed by atoms with Gasteiger partial charge in [-0.25, -0.2) is 0 Å². The maximum atomic E-state index is 10.1. The number of quaternary nitrogens is 1. The molecule has 0 saturated heterocycles. The molecule has 0 amide bonds. The van der Waals surface area contributed by atoms with Gasteiger partial charge in [0.05, 0.1) is 27.2 Å². The summed E-state index contributed by atoms with van der Waals surface area (Å²) in [6.07, 6.45) is 0.0486. The number of carbonyl (C=O) groups excluding carboxylic acids is 1. The Bertz CT molecular complexity index is 134. The normalized spacial score (nSPS) is 11.5. The molecule has 0 radical (unpaired) electrons. The average Bonchev–Trinajstić information content (AvgIpc) is 1.84. The highest BCUT2D eigenvalue weighted by molar-refractivity contribution is 5.64. The van der Waals surface area contributed by atoms with Gasteiger partial charge in [-0.3, -0.25) is 0 Å². The van der Waals surface area contributed by atoms with E-state index in [1.807, 2.05) is 14.1 Å². The van der Waals surface area contributed by atoms with E-state index >= 15 is 0 Å². The first-order chi connectivity index (χ1) is 4.98. The quantitative estimate of drug-likeness (QED) is 0.484. The number of nitrogens with zero attached hydrogens (tertiary/aromatic N) is 1. The van der Waals surface area contributed by atoms with Crippen molar-refractivity contribution in [2.24, 2.45) is 0 Å². The predicted molar refractivity (Wildman–Crippen MR) is 38.6 cm³/mol. The molecule has 0 aliphatic carbocycles. The van der Waals surface area contributed by atoms with E-state index in [4.69, 9.17) is 5.11 Å². The summed E-state index contributed by atoms with van der Waals surface area (Å²) < 4.78 is 0.518. The maximum Gasteiger partial charge on any atom is 0.102 e. The molecule has 0 fully saturated rings. The summed E-state index contributed by atoms with van der Waals surface area (Å²) in [4.78, 5) is 10.1. The Balaban J connectivity index is 3.63. The van der Waals surface area contributed by atoms with Crippen LogP contribution < -0.4 is 5.11 Å². The van der Waals surface area contributed by atoms with Crippen molar-refractivity contribution in [3.63, 3.8) is 0 Å². The van der Waals surface area contributed by atoms with Crippen LogP contribution in [0.25, 0.3) is 0 Å². The molecular weight excluding hydrogens is 146 g/mol. The van der Waals surface area contributed by atoms with E-state index in [0.29, 0.717) is 17.6 Å². The smallest absolute Gasteiger partial charge is 0.102 e. The molecule has 0 aliphatic heterocycles. The van der Waals surface area contributed by atoms with E-state index in [2.05, 4.69) is 0 Å². The Morgan fingerprint density at radius 3 is 2.36 bits per heavy atom. The molecule has 1 N–H and O–H groups in total. The van der Waals surface area contributed by atoms with Gasteiger partial charge in [0.25, 0.3) is 0 Å². The van der Waals surface area contributed by atoms with Crippen LogP contribution in [0.1, 0.15) is 6.42 Å². The van der Waals surface area contributed by atoms with Crippen LogP contribution in [0, 0.1) is 0 Å². The Labute approximate surface area is 66.6 Å². The van der Waals surface area contributed by atoms with Crippen LogP contribution in [-0.4, -0.2) is 49.4 Å². The van der Waals surface area contributed by atoms with Gasteiger partial charge < -0.3 is 19.5 Å². The summed E-state index contributed by atoms with van der Waals surface area (Å²) in [5, 5.41) is 18.7. The summed E-state index contributed by atoms with van der Waals surface area (Å²) in [7, 11) is 3.75. The molecule has 0 heterocycles. The highest BCUT2D eigenvalue weighted by Gasteiger charge is 2.12. The molecule has 0 spiro atoms. The van der Waals surface area contributed by atoms with Gasteiger partial charge in [-0.2, -0.15) is 0 Å². The van der Waals surface area contributed by atoms with Gasteiger partial charge in [-0.15, -0.1) is 0 Å². The minimum absolute atomic E-state index is 0.0486. The van der Waals surface area contributed by atoms with Crippen LogP contribution >= 0.6 is 0 Å². The molecule has 0 atom stereocenters. The van der Waals surface area contributed by atoms with Crippen LogP contribution in [0.3, 0.4) is 0 Å². The third-order valence-electron chi connectivity index (χ3n) is 1.63. The van der Waals surface area contributed by atoms with Gasteiger partial charge >= 0.3 is 0 Å². The maximum absolute atomic E-state index is 10.1. The van der Waals surface area contributed by atoms with Gasteiger partial charge in [0.2, 0.25) is 0 Å². The molecule has 0 aromatic carbocycles. The fraction of sp³-hybridized carbons (Fsp3) is 0.857. The van der Waals surface area contributed by atoms with Gasteiger partial charge in [-0.1, -0.05) is 0 Å². The largest absolute Gasteiger partial charge is 0.550 e. The first kappa shape index (κ1) is 10.4. The first-order valence-electron chi connectivity index (χ1n) is 3.60. The van der Waals surface area contributed by atoms with E-state index in [1.54, 1.807) is 0 Å². The Morgan fingerprint density at radius 2 is 2.00 bits per heavy atom. The minimum atomic E-state index is -1.03. The van der Waals surface area contributed by atoms with Crippen molar-refractivity contribution in [1.29, 1.82) is 0 Å². The summed E-state index contributed by atoms with van der Waals surface area (Å²) in [6, 6.07) is 0. The first-order valence-corrected chi connectivity index (χ1v) is 3.60. The number of hydrogen-bond acceptors (Lipinski definition) is 3. The zero-order chi connectivity index (χ0) is 8.91. The highest BCUT2D eigenvalue weighted by atomic mass is 16.4. The molecule has 11 heavy (non-hydrogen) atoms. The number of aliphatic hydroxyl groups is 1. The second-order valence-electron chi connectivity index (χ2n) is 3.23. The predicted octanol–water partition coefficient (Wildman–Crippen LogP) is -1.80. The van der Waals surface area contributed by atoms with Gasteiger partial charge in [0.1, 0.15) is 6.54 Å². The number of carboxylic acid groups (broad SMARTS) is 1. The van der Waals surface area contributed by atoms with Crippen molar-refractivity contribution in [1.82, 2.24) is 0 Å². The fourth-order valence-corrected chi connectivity index (χ4v) is 0.776. The molecule has 0 aromatic rings. The standard InChI is InChI=1S/C7H15NO3/c1-8(2,5-6-9)4-3-7(10)11/h9H,3-6H2,1-2H3. The lowest BCUT2D eigenvalue weighted by Crippen LogP contribution is -2.44. The fourth-order valence-electron chi connectivity index (χ4n) is 0.776. The van der Waals surface area contributed by atoms with Crippen molar-refractivity contribution in [3.05, 3.63) is 0 Å². The zero-order valence-corrected chi connectivity index (χ0v) is 7.04. The molecule has 4 nitrogen and oxygen atoms in total. The lowest BCUT2D eigenvalue weighted by Gasteiger charge is -2.28. The Hall–Kier alpha value is -0.610. The van der Waals surface area contributed by atoms with Crippen molar-refractivity contribution >= 4 is 5.97 Å². The number of aliphatic hydroxyl groups excluding tert-OH is 1. The zero-order valence-electron chi connectivity index (χ0n) is 7.04. The van der Waals surface area contributed by atoms with E-state index < -0.39 is 5.97 Å². The topological polar surface area (TPSA) is 60.4 Å². The molecule has 0 unspecified atom stereocenters. The number of carboxylic acids is 1. The van der Waals surface area contributed by atoms with E-state index in [0.717, 1.165) is 0 Å². The molecule has 0 aliphatic rings. The summed E-state index contributed by atoms with van der Waals surface area (Å²) in [6.45, 7) is 1.16. The molecular formula is C7H15NO3. The third kappa shape index (κ3) is 5.82. The molecule has 66 valence electrons. The number of aliphatic carboxylic acids is 1. The lowest BCUT2D eigenvalue weighted by atomic mass is 10.3. The second kappa shape index (κ2) is 4.31. The van der Waals surface area contributed by atoms with Crippen LogP contribution in [0.5, 0.6) is 0 Å². The second-order valence-corrected chi connectivity index (χ2v) is 3.23. The summed E-state index contributed by atoms with van der Waals surface area (Å²) in [5.41, 5.74) is 0. The van der Waals surface area contributed by atoms with Crippen molar-refractivity contribution in [2.75, 3.05) is 33.8 Å². The minimum Gasteiger partial charge on any atom is -0.550 e. The van der Waals surface area contributed by atoms with E-state index in [1.165, 1.54) is 0 Å². The number of hydrogen-bond donors (Lipinski definition) is 1. The van der Waals surface area contributed by atoms with Crippen LogP contribution in [0.15, 0.2) is 0 Å². The highest BCUT2D eigenvalue weighted by Crippen LogP contribution is 1.96. The lowest BCUT2D eigenvalue weighted by molar-refractivity contribution is -0.890. The van der Waals surface area contributed by atoms with Crippen molar-refractivity contribution in [3.8, 4) is 0 Å². The van der Waals surface area contributed by atoms with E-state index in [-0.39, 0.29) is 13.0 Å². The number of rotatable bonds is 5. The summed E-state index contributed by atoms with van der Waals surface area (Å²) >= 11 is 0. The number of carbonyl (C=O) groups is 1. The van der Waals surface area contributed by atoms with E-state index in [9.17, 15) is 9.90 Å². The molecule has 0 saturated carbocycles. The molecule has 0 aromatic heterocycles. The molecule has 0 bridgehead atoms. The van der Waals surface area contributed by atoms with Crippen LogP contribution in [0.2, 0.25) is 0 Å². The monoisotopic (exact) mass is 161 g/mol. The average molecular weight is 161 g/mol. The third-order valence-corrected chi connectivity index (χ3v) is 1.63. The SMILES string of the molecule is C[N+](C)(CCO)CCC(=O)[O-]. The van der Waals surface area contributed by atoms with Crippen molar-refractivity contribution in [2.45, 2.75) is 6.42 Å². The van der Waals surface area contributed by atoms with Crippen LogP contribution in [0.4, 0.5) is 0 Å². The van der Waals surface area contributed by atoms with Gasteiger partial charge in [-0.05, 0) is 0 Å². The number of likely N-dealkylation sites (N-methyl/N-ethyl adjacent to an activating group) is 1. The summed E-state index contributed by atoms with van der Waals surface area (Å²) in [5.74, 6) is -1.03. The van der Waals surface area contributed by atoms with Crippen molar-refractivity contribution < 1.29 is 19.5 Å². The van der Waals surface area contributed by atoms with Gasteiger partial charge in [0.15, 0.2) is 0 Å². The van der Waals surface area contributed by atoms with Crippen LogP contribution in [-0.2, 0) is 4.79 Å². The molecule has 4 heteroatoms. The molecule has 0 rings (SSSR count).